The topological polar surface area (TPSA) is 116 Å². The minimum Gasteiger partial charge on any atom is -0.388 e. The van der Waals surface area contributed by atoms with Gasteiger partial charge < -0.3 is 25.6 Å². The number of fused-ring (bicyclic) bond motifs is 1. The fourth-order valence-corrected chi connectivity index (χ4v) is 5.97. The summed E-state index contributed by atoms with van der Waals surface area (Å²) in [5, 5.41) is 28.4. The first-order valence-corrected chi connectivity index (χ1v) is 13.0. The van der Waals surface area contributed by atoms with Crippen molar-refractivity contribution >= 4 is 33.3 Å². The number of aliphatic hydroxyl groups is 2. The first kappa shape index (κ1) is 26.0. The Balaban J connectivity index is 1.46. The molecule has 1 aliphatic carbocycles. The third kappa shape index (κ3) is 5.80. The van der Waals surface area contributed by atoms with E-state index in [1.54, 1.807) is 6.92 Å². The molecule has 4 N–H and O–H groups in total. The summed E-state index contributed by atoms with van der Waals surface area (Å²) in [4.78, 5) is 15.4. The highest BCUT2D eigenvalue weighted by Gasteiger charge is 2.48. The van der Waals surface area contributed by atoms with Gasteiger partial charge in [-0.3, -0.25) is 4.90 Å². The average molecular weight is 539 g/mol. The largest absolute Gasteiger partial charge is 0.405 e. The lowest BCUT2D eigenvalue weighted by Gasteiger charge is -2.34. The van der Waals surface area contributed by atoms with Crippen molar-refractivity contribution in [3.8, 4) is 10.6 Å². The van der Waals surface area contributed by atoms with E-state index in [0.717, 1.165) is 23.3 Å². The molecule has 9 nitrogen and oxygen atoms in total. The molecule has 2 aromatic heterocycles. The Bertz CT molecular complexity index is 1220. The molecule has 3 atom stereocenters. The maximum absolute atomic E-state index is 12.9. The Morgan fingerprint density at radius 1 is 1.19 bits per heavy atom. The second-order valence-corrected chi connectivity index (χ2v) is 10.5. The van der Waals surface area contributed by atoms with Crippen LogP contribution in [0, 0.1) is 12.8 Å². The van der Waals surface area contributed by atoms with Crippen molar-refractivity contribution in [2.45, 2.75) is 37.8 Å². The number of rotatable bonds is 7. The van der Waals surface area contributed by atoms with E-state index in [0.29, 0.717) is 42.4 Å². The molecule has 1 aromatic carbocycles. The highest BCUT2D eigenvalue weighted by molar-refractivity contribution is 7.21. The normalized spacial score (nSPS) is 25.0. The molecular formula is C24H29F3N6O3S. The number of ether oxygens (including phenoxy) is 1. The molecular weight excluding hydrogens is 509 g/mol. The number of aryl methyl sites for hydroxylation is 1. The first-order valence-electron chi connectivity index (χ1n) is 12.2. The van der Waals surface area contributed by atoms with Crippen molar-refractivity contribution in [3.05, 3.63) is 30.0 Å². The number of para-hydroxylation sites is 1. The second-order valence-electron chi connectivity index (χ2n) is 9.52. The van der Waals surface area contributed by atoms with Gasteiger partial charge in [0, 0.05) is 25.6 Å². The highest BCUT2D eigenvalue weighted by atomic mass is 32.1. The fourth-order valence-electron chi connectivity index (χ4n) is 4.91. The number of benzene rings is 1. The summed E-state index contributed by atoms with van der Waals surface area (Å²) < 4.78 is 44.9. The van der Waals surface area contributed by atoms with Crippen LogP contribution in [0.3, 0.4) is 0 Å². The van der Waals surface area contributed by atoms with Crippen LogP contribution in [0.25, 0.3) is 20.8 Å². The molecule has 3 aromatic rings. The minimum absolute atomic E-state index is 0.116. The average Bonchev–Trinajstić information content (AvgIpc) is 3.39. The summed E-state index contributed by atoms with van der Waals surface area (Å²) in [6.07, 6.45) is -4.75. The van der Waals surface area contributed by atoms with E-state index in [1.807, 2.05) is 24.3 Å². The van der Waals surface area contributed by atoms with E-state index in [2.05, 4.69) is 30.5 Å². The fraction of sp³-hybridized carbons (Fsp3) is 0.542. The zero-order chi connectivity index (χ0) is 26.2. The molecule has 3 unspecified atom stereocenters. The van der Waals surface area contributed by atoms with Gasteiger partial charge in [0.1, 0.15) is 23.5 Å². The molecule has 2 fully saturated rings. The van der Waals surface area contributed by atoms with Crippen molar-refractivity contribution in [3.63, 3.8) is 0 Å². The number of anilines is 2. The van der Waals surface area contributed by atoms with Gasteiger partial charge in [0.2, 0.25) is 5.95 Å². The van der Waals surface area contributed by atoms with Crippen LogP contribution in [0.1, 0.15) is 18.5 Å². The number of morpholine rings is 1. The molecule has 2 aliphatic rings. The van der Waals surface area contributed by atoms with Gasteiger partial charge in [0.15, 0.2) is 5.72 Å². The van der Waals surface area contributed by atoms with Gasteiger partial charge in [-0.15, -0.1) is 11.3 Å². The third-order valence-corrected chi connectivity index (χ3v) is 7.86. The maximum atomic E-state index is 12.9. The van der Waals surface area contributed by atoms with E-state index in [1.165, 1.54) is 11.3 Å². The quantitative estimate of drug-likeness (QED) is 0.337. The Morgan fingerprint density at radius 3 is 2.68 bits per heavy atom. The van der Waals surface area contributed by atoms with E-state index in [9.17, 15) is 23.4 Å². The van der Waals surface area contributed by atoms with Crippen LogP contribution in [0.4, 0.5) is 24.9 Å². The number of halogens is 3. The zero-order valence-electron chi connectivity index (χ0n) is 20.3. The number of nitrogens with one attached hydrogen (secondary N) is 2. The lowest BCUT2D eigenvalue weighted by molar-refractivity contribution is -0.115. The highest BCUT2D eigenvalue weighted by Crippen LogP contribution is 2.41. The SMILES string of the molecule is Cc1nc(NCC(F)(F)F)nc(NC2(O)CCC(CN3CCOCC3)C2O)c1-c1nc2ccccc2s1. The van der Waals surface area contributed by atoms with Crippen LogP contribution < -0.4 is 10.6 Å². The molecule has 1 aliphatic heterocycles. The number of hydrogen-bond acceptors (Lipinski definition) is 10. The zero-order valence-corrected chi connectivity index (χ0v) is 21.1. The van der Waals surface area contributed by atoms with Crippen molar-refractivity contribution in [1.29, 1.82) is 0 Å². The minimum atomic E-state index is -4.46. The summed E-state index contributed by atoms with van der Waals surface area (Å²) in [5.74, 6) is -0.305. The number of aliphatic hydroxyl groups excluding tert-OH is 1. The lowest BCUT2D eigenvalue weighted by Crippen LogP contribution is -2.50. The number of hydrogen-bond donors (Lipinski definition) is 4. The van der Waals surface area contributed by atoms with Crippen LogP contribution in [-0.2, 0) is 4.74 Å². The van der Waals surface area contributed by atoms with Gasteiger partial charge in [0.25, 0.3) is 0 Å². The second kappa shape index (κ2) is 10.3. The molecule has 5 rings (SSSR count). The number of aromatic nitrogens is 3. The van der Waals surface area contributed by atoms with Crippen LogP contribution in [0.5, 0.6) is 0 Å². The monoisotopic (exact) mass is 538 g/mol. The van der Waals surface area contributed by atoms with Crippen LogP contribution in [0.15, 0.2) is 24.3 Å². The third-order valence-electron chi connectivity index (χ3n) is 6.81. The molecule has 13 heteroatoms. The molecule has 0 spiro atoms. The van der Waals surface area contributed by atoms with Crippen LogP contribution >= 0.6 is 11.3 Å². The van der Waals surface area contributed by atoms with Gasteiger partial charge in [0.05, 0.1) is 34.7 Å². The van der Waals surface area contributed by atoms with Crippen molar-refractivity contribution in [1.82, 2.24) is 19.9 Å². The summed E-state index contributed by atoms with van der Waals surface area (Å²) in [5.41, 5.74) is -0.0969. The predicted octanol–water partition coefficient (Wildman–Crippen LogP) is 3.24. The van der Waals surface area contributed by atoms with Crippen molar-refractivity contribution in [2.24, 2.45) is 5.92 Å². The van der Waals surface area contributed by atoms with Crippen molar-refractivity contribution in [2.75, 3.05) is 50.0 Å². The Labute approximate surface area is 215 Å². The predicted molar refractivity (Wildman–Crippen MR) is 134 cm³/mol. The Kier molecular flexibility index (Phi) is 7.24. The summed E-state index contributed by atoms with van der Waals surface area (Å²) >= 11 is 1.39. The summed E-state index contributed by atoms with van der Waals surface area (Å²) in [6, 6.07) is 7.54. The van der Waals surface area contributed by atoms with Gasteiger partial charge in [-0.25, -0.2) is 9.97 Å². The molecule has 1 saturated carbocycles. The van der Waals surface area contributed by atoms with E-state index in [4.69, 9.17) is 4.74 Å². The number of thiazole rings is 1. The molecule has 200 valence electrons. The molecule has 37 heavy (non-hydrogen) atoms. The standard InChI is InChI=1S/C24H29F3N6O3S/c1-14-18(21-30-16-4-2-3-5-17(16)37-21)20(31-22(29-14)28-13-24(25,26)27)32-23(35)7-6-15(19(23)34)12-33-8-10-36-11-9-33/h2-5,15,19,34-35H,6-13H2,1H3,(H2,28,29,31,32). The number of nitrogens with zero attached hydrogens (tertiary/aromatic N) is 4. The number of alkyl halides is 3. The molecule has 0 amide bonds. The molecule has 0 bridgehead atoms. The van der Waals surface area contributed by atoms with Crippen LogP contribution in [0.2, 0.25) is 0 Å². The van der Waals surface area contributed by atoms with E-state index >= 15 is 0 Å². The molecule has 0 radical (unpaired) electrons. The van der Waals surface area contributed by atoms with Crippen molar-refractivity contribution < 1.29 is 28.1 Å². The Hall–Kier alpha value is -2.58. The van der Waals surface area contributed by atoms with E-state index in [-0.39, 0.29) is 24.1 Å². The molecule has 1 saturated heterocycles. The van der Waals surface area contributed by atoms with Crippen LogP contribution in [-0.4, -0.2) is 87.5 Å². The Morgan fingerprint density at radius 2 is 1.95 bits per heavy atom. The summed E-state index contributed by atoms with van der Waals surface area (Å²) in [6.45, 7) is 3.74. The molecule has 3 heterocycles. The van der Waals surface area contributed by atoms with Gasteiger partial charge in [-0.05, 0) is 31.9 Å². The maximum Gasteiger partial charge on any atom is 0.405 e. The van der Waals surface area contributed by atoms with Gasteiger partial charge in [-0.2, -0.15) is 18.2 Å². The lowest BCUT2D eigenvalue weighted by atomic mass is 10.0. The smallest absolute Gasteiger partial charge is 0.388 e. The summed E-state index contributed by atoms with van der Waals surface area (Å²) in [7, 11) is 0. The van der Waals surface area contributed by atoms with E-state index < -0.39 is 24.6 Å². The first-order chi connectivity index (χ1) is 17.6. The van der Waals surface area contributed by atoms with Gasteiger partial charge >= 0.3 is 6.18 Å². The van der Waals surface area contributed by atoms with Gasteiger partial charge in [-0.1, -0.05) is 12.1 Å².